The van der Waals surface area contributed by atoms with Crippen LogP contribution in [0.5, 0.6) is 5.75 Å². The van der Waals surface area contributed by atoms with E-state index in [1.54, 1.807) is 0 Å². The molecule has 2 rings (SSSR count). The standard InChI is InChI=1S/C14H11F3N2O2S/c15-14(16,17)21-10-5-3-9(4-6-10)19-13(22)11(7-18)12(20)8-1-2-8/h3-6,8,11H,1-2H2,(H,19,22). The van der Waals surface area contributed by atoms with Crippen molar-refractivity contribution in [3.8, 4) is 11.8 Å². The van der Waals surface area contributed by atoms with Crippen LogP contribution in [0.4, 0.5) is 18.9 Å². The molecule has 0 saturated heterocycles. The summed E-state index contributed by atoms with van der Waals surface area (Å²) in [7, 11) is 0. The summed E-state index contributed by atoms with van der Waals surface area (Å²) in [6.45, 7) is 0. The maximum Gasteiger partial charge on any atom is 0.573 e. The van der Waals surface area contributed by atoms with Gasteiger partial charge in [-0.1, -0.05) is 12.2 Å². The molecule has 1 unspecified atom stereocenters. The van der Waals surface area contributed by atoms with Gasteiger partial charge in [0.2, 0.25) is 0 Å². The van der Waals surface area contributed by atoms with Crippen LogP contribution in [0.1, 0.15) is 12.8 Å². The minimum Gasteiger partial charge on any atom is -0.406 e. The number of carbonyl (C=O) groups is 1. The van der Waals surface area contributed by atoms with Gasteiger partial charge in [-0.15, -0.1) is 13.2 Å². The molecule has 8 heteroatoms. The van der Waals surface area contributed by atoms with E-state index >= 15 is 0 Å². The molecule has 0 aliphatic heterocycles. The molecule has 1 saturated carbocycles. The third-order valence-corrected chi connectivity index (χ3v) is 3.35. The first-order valence-corrected chi connectivity index (χ1v) is 6.81. The Labute approximate surface area is 129 Å². The first-order valence-electron chi connectivity index (χ1n) is 6.40. The van der Waals surface area contributed by atoms with Gasteiger partial charge in [-0.05, 0) is 37.1 Å². The van der Waals surface area contributed by atoms with Crippen LogP contribution in [0.3, 0.4) is 0 Å². The van der Waals surface area contributed by atoms with E-state index in [4.69, 9.17) is 17.5 Å². The monoisotopic (exact) mass is 328 g/mol. The van der Waals surface area contributed by atoms with Crippen molar-refractivity contribution in [1.82, 2.24) is 0 Å². The minimum atomic E-state index is -4.76. The molecule has 0 aromatic heterocycles. The van der Waals surface area contributed by atoms with E-state index in [9.17, 15) is 18.0 Å². The molecule has 1 fully saturated rings. The molecule has 1 atom stereocenters. The molecule has 1 aliphatic carbocycles. The number of Topliss-reactive ketones (excluding diaryl/α,β-unsaturated/α-hetero) is 1. The van der Waals surface area contributed by atoms with Gasteiger partial charge < -0.3 is 10.1 Å². The predicted octanol–water partition coefficient (Wildman–Crippen LogP) is 3.44. The number of ketones is 1. The summed E-state index contributed by atoms with van der Waals surface area (Å²) in [6, 6.07) is 6.73. The Hall–Kier alpha value is -2.14. The number of nitrogens with one attached hydrogen (secondary N) is 1. The number of halogens is 3. The second-order valence-corrected chi connectivity index (χ2v) is 5.24. The lowest BCUT2D eigenvalue weighted by molar-refractivity contribution is -0.274. The molecular formula is C14H11F3N2O2S. The number of nitrogens with zero attached hydrogens (tertiary/aromatic N) is 1. The van der Waals surface area contributed by atoms with Crippen LogP contribution in [0.25, 0.3) is 0 Å². The van der Waals surface area contributed by atoms with Gasteiger partial charge >= 0.3 is 6.36 Å². The highest BCUT2D eigenvalue weighted by molar-refractivity contribution is 7.80. The van der Waals surface area contributed by atoms with E-state index in [1.807, 2.05) is 6.07 Å². The van der Waals surface area contributed by atoms with Crippen LogP contribution in [-0.4, -0.2) is 17.1 Å². The second-order valence-electron chi connectivity index (χ2n) is 4.80. The van der Waals surface area contributed by atoms with Gasteiger partial charge in [0.25, 0.3) is 0 Å². The average molecular weight is 328 g/mol. The van der Waals surface area contributed by atoms with Crippen LogP contribution < -0.4 is 10.1 Å². The molecule has 22 heavy (non-hydrogen) atoms. The predicted molar refractivity (Wildman–Crippen MR) is 76.2 cm³/mol. The Morgan fingerprint density at radius 3 is 2.41 bits per heavy atom. The molecular weight excluding hydrogens is 317 g/mol. The highest BCUT2D eigenvalue weighted by Gasteiger charge is 2.37. The van der Waals surface area contributed by atoms with Crippen molar-refractivity contribution >= 4 is 28.7 Å². The fourth-order valence-corrected chi connectivity index (χ4v) is 2.10. The molecule has 0 amide bonds. The van der Waals surface area contributed by atoms with E-state index in [0.29, 0.717) is 5.69 Å². The maximum absolute atomic E-state index is 12.0. The number of rotatable bonds is 5. The highest BCUT2D eigenvalue weighted by Crippen LogP contribution is 2.33. The highest BCUT2D eigenvalue weighted by atomic mass is 32.1. The Bertz CT molecular complexity index is 618. The molecule has 1 N–H and O–H groups in total. The van der Waals surface area contributed by atoms with Crippen molar-refractivity contribution in [3.05, 3.63) is 24.3 Å². The lowest BCUT2D eigenvalue weighted by atomic mass is 10.0. The van der Waals surface area contributed by atoms with Crippen molar-refractivity contribution in [2.75, 3.05) is 5.32 Å². The Kier molecular flexibility index (Phi) is 4.66. The van der Waals surface area contributed by atoms with E-state index in [1.165, 1.54) is 12.1 Å². The largest absolute Gasteiger partial charge is 0.573 e. The van der Waals surface area contributed by atoms with Gasteiger partial charge in [0.1, 0.15) is 10.7 Å². The zero-order valence-corrected chi connectivity index (χ0v) is 12.0. The van der Waals surface area contributed by atoms with E-state index in [0.717, 1.165) is 25.0 Å². The van der Waals surface area contributed by atoms with Gasteiger partial charge in [-0.3, -0.25) is 4.79 Å². The minimum absolute atomic E-state index is 0.0453. The van der Waals surface area contributed by atoms with E-state index < -0.39 is 12.3 Å². The normalized spacial score (nSPS) is 15.5. The van der Waals surface area contributed by atoms with Gasteiger partial charge in [0.15, 0.2) is 11.7 Å². The maximum atomic E-state index is 12.0. The van der Waals surface area contributed by atoms with Crippen LogP contribution in [-0.2, 0) is 4.79 Å². The Morgan fingerprint density at radius 2 is 1.95 bits per heavy atom. The Balaban J connectivity index is 1.99. The zero-order valence-electron chi connectivity index (χ0n) is 11.2. The summed E-state index contributed by atoms with van der Waals surface area (Å²) in [6.07, 6.45) is -3.22. The van der Waals surface area contributed by atoms with Crippen LogP contribution >= 0.6 is 12.2 Å². The first-order chi connectivity index (χ1) is 10.3. The lowest BCUT2D eigenvalue weighted by Gasteiger charge is -2.13. The van der Waals surface area contributed by atoms with E-state index in [-0.39, 0.29) is 22.4 Å². The number of benzene rings is 1. The first kappa shape index (κ1) is 16.2. The molecule has 116 valence electrons. The Morgan fingerprint density at radius 1 is 1.36 bits per heavy atom. The number of carbonyl (C=O) groups excluding carboxylic acids is 1. The number of hydrogen-bond donors (Lipinski definition) is 1. The second kappa shape index (κ2) is 6.32. The molecule has 1 aromatic carbocycles. The number of anilines is 1. The summed E-state index contributed by atoms with van der Waals surface area (Å²) in [5.74, 6) is -1.72. The van der Waals surface area contributed by atoms with Gasteiger partial charge in [0, 0.05) is 11.6 Å². The smallest absolute Gasteiger partial charge is 0.406 e. The molecule has 1 aromatic rings. The fraction of sp³-hybridized carbons (Fsp3) is 0.357. The lowest BCUT2D eigenvalue weighted by Crippen LogP contribution is -2.28. The summed E-state index contributed by atoms with van der Waals surface area (Å²) in [5, 5.41) is 11.7. The van der Waals surface area contributed by atoms with Crippen LogP contribution in [0.2, 0.25) is 0 Å². The third kappa shape index (κ3) is 4.43. The van der Waals surface area contributed by atoms with Crippen LogP contribution in [0.15, 0.2) is 24.3 Å². The van der Waals surface area contributed by atoms with Gasteiger partial charge in [0.05, 0.1) is 6.07 Å². The topological polar surface area (TPSA) is 62.1 Å². The van der Waals surface area contributed by atoms with Crippen molar-refractivity contribution < 1.29 is 22.7 Å². The summed E-state index contributed by atoms with van der Waals surface area (Å²) in [5.41, 5.74) is 0.378. The number of ether oxygens (including phenoxy) is 1. The molecule has 0 bridgehead atoms. The quantitative estimate of drug-likeness (QED) is 0.839. The van der Waals surface area contributed by atoms with Crippen molar-refractivity contribution in [1.29, 1.82) is 5.26 Å². The molecule has 4 nitrogen and oxygen atoms in total. The number of nitriles is 1. The van der Waals surface area contributed by atoms with Crippen molar-refractivity contribution in [2.45, 2.75) is 19.2 Å². The third-order valence-electron chi connectivity index (χ3n) is 3.01. The fourth-order valence-electron chi connectivity index (χ4n) is 1.81. The van der Waals surface area contributed by atoms with Crippen molar-refractivity contribution in [3.63, 3.8) is 0 Å². The SMILES string of the molecule is N#CC(C(=O)C1CC1)C(=S)Nc1ccc(OC(F)(F)F)cc1. The van der Waals surface area contributed by atoms with Crippen molar-refractivity contribution in [2.24, 2.45) is 11.8 Å². The molecule has 0 spiro atoms. The zero-order chi connectivity index (χ0) is 16.3. The molecule has 0 heterocycles. The number of alkyl halides is 3. The average Bonchev–Trinajstić information content (AvgIpc) is 3.24. The summed E-state index contributed by atoms with van der Waals surface area (Å²) < 4.78 is 39.9. The van der Waals surface area contributed by atoms with Gasteiger partial charge in [-0.2, -0.15) is 5.26 Å². The molecule has 0 radical (unpaired) electrons. The van der Waals surface area contributed by atoms with Crippen LogP contribution in [0, 0.1) is 23.2 Å². The number of hydrogen-bond acceptors (Lipinski definition) is 4. The summed E-state index contributed by atoms with van der Waals surface area (Å²) in [4.78, 5) is 11.9. The summed E-state index contributed by atoms with van der Waals surface area (Å²) >= 11 is 5.03. The van der Waals surface area contributed by atoms with E-state index in [2.05, 4.69) is 10.1 Å². The number of thiocarbonyl (C=S) groups is 1. The molecule has 1 aliphatic rings. The van der Waals surface area contributed by atoms with Gasteiger partial charge in [-0.25, -0.2) is 0 Å².